The molecule has 0 radical (unpaired) electrons. The number of carbonyl (C=O) groups is 1. The molecule has 5 nitrogen and oxygen atoms in total. The van der Waals surface area contributed by atoms with Crippen molar-refractivity contribution < 1.29 is 9.53 Å². The number of amides is 1. The molecule has 2 heterocycles. The topological polar surface area (TPSA) is 47.4 Å². The summed E-state index contributed by atoms with van der Waals surface area (Å²) in [6, 6.07) is 23.6. The molecule has 0 spiro atoms. The van der Waals surface area contributed by atoms with Crippen LogP contribution in [0.4, 0.5) is 5.69 Å². The third-order valence-corrected chi connectivity index (χ3v) is 6.14. The minimum absolute atomic E-state index is 0.0333. The molecule has 4 aromatic rings. The first-order chi connectivity index (χ1) is 15.6. The number of hydrogen-bond donors (Lipinski definition) is 0. The summed E-state index contributed by atoms with van der Waals surface area (Å²) in [6.07, 6.45) is 0.454. The Labute approximate surface area is 192 Å². The fourth-order valence-electron chi connectivity index (χ4n) is 4.35. The molecular formula is C26H24ClN3O2. The van der Waals surface area contributed by atoms with Crippen LogP contribution in [0.25, 0.3) is 11.0 Å². The summed E-state index contributed by atoms with van der Waals surface area (Å²) in [5.41, 5.74) is 4.09. The van der Waals surface area contributed by atoms with Gasteiger partial charge in [0.2, 0.25) is 5.91 Å². The molecule has 3 aromatic carbocycles. The third kappa shape index (κ3) is 4.08. The number of halogens is 1. The maximum Gasteiger partial charge on any atom is 0.227 e. The SMILES string of the molecule is Cc1cccc(N2C[C@H](c3nc4ccccc4n3CCOc3ccc(Cl)cc3)CC2=O)c1. The minimum atomic E-state index is 0.0333. The number of ether oxygens (including phenoxy) is 1. The van der Waals surface area contributed by atoms with Gasteiger partial charge < -0.3 is 14.2 Å². The van der Waals surface area contributed by atoms with E-state index in [-0.39, 0.29) is 11.8 Å². The van der Waals surface area contributed by atoms with E-state index < -0.39 is 0 Å². The van der Waals surface area contributed by atoms with Crippen LogP contribution in [0.5, 0.6) is 5.75 Å². The predicted octanol–water partition coefficient (Wildman–Crippen LogP) is 5.60. The number of fused-ring (bicyclic) bond motifs is 1. The standard InChI is InChI=1S/C26H24ClN3O2/c1-18-5-4-6-21(15-18)30-17-19(16-25(30)31)26-28-23-7-2-3-8-24(23)29(26)13-14-32-22-11-9-20(27)10-12-22/h2-12,15,19H,13-14,16-17H2,1H3/t19-/m1/s1. The molecule has 1 aliphatic heterocycles. The van der Waals surface area contributed by atoms with Crippen LogP contribution in [0, 0.1) is 6.92 Å². The Hall–Kier alpha value is -3.31. The molecule has 1 aliphatic rings. The van der Waals surface area contributed by atoms with Crippen LogP contribution in [-0.2, 0) is 11.3 Å². The molecule has 32 heavy (non-hydrogen) atoms. The summed E-state index contributed by atoms with van der Waals surface area (Å²) < 4.78 is 8.14. The quantitative estimate of drug-likeness (QED) is 0.388. The second-order valence-corrected chi connectivity index (χ2v) is 8.59. The van der Waals surface area contributed by atoms with Crippen LogP contribution in [0.2, 0.25) is 5.02 Å². The second-order valence-electron chi connectivity index (χ2n) is 8.16. The van der Waals surface area contributed by atoms with Gasteiger partial charge >= 0.3 is 0 Å². The normalized spacial score (nSPS) is 16.1. The van der Waals surface area contributed by atoms with Gasteiger partial charge in [0.1, 0.15) is 18.2 Å². The first-order valence-corrected chi connectivity index (χ1v) is 11.2. The molecule has 1 aromatic heterocycles. The van der Waals surface area contributed by atoms with Crippen molar-refractivity contribution in [1.29, 1.82) is 0 Å². The van der Waals surface area contributed by atoms with E-state index in [0.29, 0.717) is 31.1 Å². The Kier molecular flexibility index (Phi) is 5.58. The van der Waals surface area contributed by atoms with Crippen molar-refractivity contribution in [3.8, 4) is 5.75 Å². The van der Waals surface area contributed by atoms with Crippen molar-refractivity contribution >= 4 is 34.2 Å². The molecule has 1 atom stereocenters. The van der Waals surface area contributed by atoms with Crippen LogP contribution >= 0.6 is 11.6 Å². The van der Waals surface area contributed by atoms with Gasteiger partial charge in [0.25, 0.3) is 0 Å². The van der Waals surface area contributed by atoms with Crippen molar-refractivity contribution in [2.45, 2.75) is 25.8 Å². The number of aromatic nitrogens is 2. The Morgan fingerprint density at radius 3 is 2.69 bits per heavy atom. The van der Waals surface area contributed by atoms with Gasteiger partial charge in [-0.15, -0.1) is 0 Å². The Morgan fingerprint density at radius 1 is 1.06 bits per heavy atom. The summed E-state index contributed by atoms with van der Waals surface area (Å²) in [4.78, 5) is 19.7. The third-order valence-electron chi connectivity index (χ3n) is 5.88. The van der Waals surface area contributed by atoms with Gasteiger partial charge in [0, 0.05) is 29.6 Å². The highest BCUT2D eigenvalue weighted by Gasteiger charge is 2.34. The van der Waals surface area contributed by atoms with Crippen molar-refractivity contribution in [2.24, 2.45) is 0 Å². The fourth-order valence-corrected chi connectivity index (χ4v) is 4.48. The lowest BCUT2D eigenvalue weighted by Gasteiger charge is -2.18. The molecule has 0 aliphatic carbocycles. The van der Waals surface area contributed by atoms with E-state index in [1.807, 2.05) is 72.5 Å². The van der Waals surface area contributed by atoms with E-state index in [0.717, 1.165) is 33.9 Å². The molecule has 6 heteroatoms. The number of anilines is 1. The number of benzene rings is 3. The summed E-state index contributed by atoms with van der Waals surface area (Å²) in [5.74, 6) is 1.89. The van der Waals surface area contributed by atoms with Crippen LogP contribution in [0.15, 0.2) is 72.8 Å². The summed E-state index contributed by atoms with van der Waals surface area (Å²) >= 11 is 5.96. The first kappa shape index (κ1) is 20.6. The molecule has 0 bridgehead atoms. The molecule has 5 rings (SSSR count). The maximum absolute atomic E-state index is 12.9. The molecule has 0 unspecified atom stereocenters. The van der Waals surface area contributed by atoms with E-state index in [9.17, 15) is 4.79 Å². The van der Waals surface area contributed by atoms with Crippen molar-refractivity contribution in [3.63, 3.8) is 0 Å². The lowest BCUT2D eigenvalue weighted by Crippen LogP contribution is -2.24. The molecular weight excluding hydrogens is 422 g/mol. The second kappa shape index (κ2) is 8.67. The van der Waals surface area contributed by atoms with Crippen LogP contribution in [0.1, 0.15) is 23.7 Å². The molecule has 0 N–H and O–H groups in total. The zero-order chi connectivity index (χ0) is 22.1. The maximum atomic E-state index is 12.9. The summed E-state index contributed by atoms with van der Waals surface area (Å²) in [6.45, 7) is 3.82. The molecule has 0 saturated carbocycles. The number of imidazole rings is 1. The Morgan fingerprint density at radius 2 is 1.88 bits per heavy atom. The summed E-state index contributed by atoms with van der Waals surface area (Å²) in [5, 5.41) is 0.685. The van der Waals surface area contributed by atoms with Gasteiger partial charge in [-0.25, -0.2) is 4.98 Å². The van der Waals surface area contributed by atoms with E-state index in [2.05, 4.69) is 16.7 Å². The predicted molar refractivity (Wildman–Crippen MR) is 128 cm³/mol. The Bertz CT molecular complexity index is 1270. The van der Waals surface area contributed by atoms with Gasteiger partial charge in [-0.2, -0.15) is 0 Å². The monoisotopic (exact) mass is 445 g/mol. The van der Waals surface area contributed by atoms with Crippen LogP contribution < -0.4 is 9.64 Å². The Balaban J connectivity index is 1.40. The van der Waals surface area contributed by atoms with Crippen LogP contribution in [-0.4, -0.2) is 28.6 Å². The highest BCUT2D eigenvalue weighted by Crippen LogP contribution is 2.33. The number of rotatable bonds is 6. The number of carbonyl (C=O) groups excluding carboxylic acids is 1. The van der Waals surface area contributed by atoms with Gasteiger partial charge in [0.15, 0.2) is 0 Å². The first-order valence-electron chi connectivity index (χ1n) is 10.8. The lowest BCUT2D eigenvalue weighted by molar-refractivity contribution is -0.117. The number of para-hydroxylation sites is 2. The molecule has 162 valence electrons. The van der Waals surface area contributed by atoms with Crippen LogP contribution in [0.3, 0.4) is 0 Å². The number of hydrogen-bond acceptors (Lipinski definition) is 3. The number of nitrogens with zero attached hydrogens (tertiary/aromatic N) is 3. The van der Waals surface area contributed by atoms with E-state index >= 15 is 0 Å². The number of aryl methyl sites for hydroxylation is 1. The zero-order valence-corrected chi connectivity index (χ0v) is 18.6. The van der Waals surface area contributed by atoms with Gasteiger partial charge in [-0.3, -0.25) is 4.79 Å². The van der Waals surface area contributed by atoms with Gasteiger partial charge in [0.05, 0.1) is 17.6 Å². The smallest absolute Gasteiger partial charge is 0.227 e. The van der Waals surface area contributed by atoms with E-state index in [1.165, 1.54) is 0 Å². The molecule has 1 amide bonds. The van der Waals surface area contributed by atoms with E-state index in [1.54, 1.807) is 0 Å². The highest BCUT2D eigenvalue weighted by atomic mass is 35.5. The van der Waals surface area contributed by atoms with Crippen molar-refractivity contribution in [2.75, 3.05) is 18.1 Å². The molecule has 1 fully saturated rings. The molecule has 1 saturated heterocycles. The average Bonchev–Trinajstić information content (AvgIpc) is 3.36. The lowest BCUT2D eigenvalue weighted by atomic mass is 10.1. The average molecular weight is 446 g/mol. The highest BCUT2D eigenvalue weighted by molar-refractivity contribution is 6.30. The fraction of sp³-hybridized carbons (Fsp3) is 0.231. The minimum Gasteiger partial charge on any atom is -0.492 e. The van der Waals surface area contributed by atoms with Gasteiger partial charge in [-0.1, -0.05) is 35.9 Å². The van der Waals surface area contributed by atoms with Crippen molar-refractivity contribution in [3.05, 3.63) is 89.2 Å². The van der Waals surface area contributed by atoms with Gasteiger partial charge in [-0.05, 0) is 61.0 Å². The summed E-state index contributed by atoms with van der Waals surface area (Å²) in [7, 11) is 0. The van der Waals surface area contributed by atoms with E-state index in [4.69, 9.17) is 21.3 Å². The van der Waals surface area contributed by atoms with Crippen molar-refractivity contribution in [1.82, 2.24) is 9.55 Å². The largest absolute Gasteiger partial charge is 0.492 e. The zero-order valence-electron chi connectivity index (χ0n) is 17.9.